The highest BCUT2D eigenvalue weighted by atomic mass is 16.2. The van der Waals surface area contributed by atoms with Gasteiger partial charge in [-0.05, 0) is 43.7 Å². The molecule has 1 aliphatic heterocycles. The summed E-state index contributed by atoms with van der Waals surface area (Å²) >= 11 is 0. The van der Waals surface area contributed by atoms with Crippen LogP contribution in [0.5, 0.6) is 0 Å². The Morgan fingerprint density at radius 2 is 1.81 bits per heavy atom. The fourth-order valence-electron chi connectivity index (χ4n) is 3.46. The third kappa shape index (κ3) is 4.13. The molecule has 2 aromatic rings. The number of hydrogen-bond acceptors (Lipinski definition) is 3. The summed E-state index contributed by atoms with van der Waals surface area (Å²) in [5, 5.41) is 0. The highest BCUT2D eigenvalue weighted by molar-refractivity contribution is 5.98. The van der Waals surface area contributed by atoms with Crippen LogP contribution in [-0.2, 0) is 11.3 Å². The Balaban J connectivity index is 1.69. The van der Waals surface area contributed by atoms with Gasteiger partial charge in [-0.15, -0.1) is 0 Å². The van der Waals surface area contributed by atoms with Crippen molar-refractivity contribution in [2.24, 2.45) is 0 Å². The van der Waals surface area contributed by atoms with Gasteiger partial charge in [0.25, 0.3) is 5.91 Å². The normalized spacial score (nSPS) is 17.2. The molecule has 27 heavy (non-hydrogen) atoms. The molecule has 0 bridgehead atoms. The summed E-state index contributed by atoms with van der Waals surface area (Å²) in [4.78, 5) is 31.2. The Labute approximate surface area is 161 Å². The van der Waals surface area contributed by atoms with E-state index in [9.17, 15) is 9.59 Å². The lowest BCUT2D eigenvalue weighted by Crippen LogP contribution is -2.57. The summed E-state index contributed by atoms with van der Waals surface area (Å²) in [6.45, 7) is 5.55. The van der Waals surface area contributed by atoms with Crippen LogP contribution < -0.4 is 4.90 Å². The zero-order valence-electron chi connectivity index (χ0n) is 16.5. The Morgan fingerprint density at radius 3 is 2.44 bits per heavy atom. The number of hydrogen-bond donors (Lipinski definition) is 0. The summed E-state index contributed by atoms with van der Waals surface area (Å²) in [7, 11) is 3.93. The van der Waals surface area contributed by atoms with Crippen LogP contribution in [0.2, 0.25) is 0 Å². The van der Waals surface area contributed by atoms with Gasteiger partial charge < -0.3 is 14.7 Å². The standard InChI is InChI=1S/C22H27N3O2/c1-16-6-5-7-18(14-16)15-24-12-13-25(17(2)21(24)26)22(27)19-8-10-20(11-9-19)23(3)4/h5-11,14,17H,12-13,15H2,1-4H3/t17-/m0/s1. The van der Waals surface area contributed by atoms with E-state index in [0.717, 1.165) is 11.3 Å². The van der Waals surface area contributed by atoms with E-state index < -0.39 is 6.04 Å². The number of aryl methyl sites for hydroxylation is 1. The number of piperazine rings is 1. The van der Waals surface area contributed by atoms with Crippen molar-refractivity contribution in [2.45, 2.75) is 26.4 Å². The molecule has 5 nitrogen and oxygen atoms in total. The molecule has 0 N–H and O–H groups in total. The molecule has 1 heterocycles. The first-order valence-corrected chi connectivity index (χ1v) is 9.29. The van der Waals surface area contributed by atoms with Gasteiger partial charge in [0, 0.05) is 45.0 Å². The third-order valence-electron chi connectivity index (χ3n) is 5.09. The molecule has 1 fully saturated rings. The average Bonchev–Trinajstić information content (AvgIpc) is 2.65. The summed E-state index contributed by atoms with van der Waals surface area (Å²) in [6, 6.07) is 15.2. The second-order valence-corrected chi connectivity index (χ2v) is 7.36. The van der Waals surface area contributed by atoms with Gasteiger partial charge >= 0.3 is 0 Å². The average molecular weight is 365 g/mol. The second-order valence-electron chi connectivity index (χ2n) is 7.36. The third-order valence-corrected chi connectivity index (χ3v) is 5.09. The van der Waals surface area contributed by atoms with Crippen LogP contribution in [-0.4, -0.2) is 54.8 Å². The molecule has 142 valence electrons. The Morgan fingerprint density at radius 1 is 1.11 bits per heavy atom. The fourth-order valence-corrected chi connectivity index (χ4v) is 3.46. The molecule has 2 aromatic carbocycles. The van der Waals surface area contributed by atoms with Crippen LogP contribution in [0.3, 0.4) is 0 Å². The first-order chi connectivity index (χ1) is 12.9. The highest BCUT2D eigenvalue weighted by Crippen LogP contribution is 2.19. The molecule has 0 aliphatic carbocycles. The molecule has 3 rings (SSSR count). The topological polar surface area (TPSA) is 43.9 Å². The molecule has 0 unspecified atom stereocenters. The maximum Gasteiger partial charge on any atom is 0.254 e. The first kappa shape index (κ1) is 19.0. The van der Waals surface area contributed by atoms with Gasteiger partial charge in [0.2, 0.25) is 5.91 Å². The zero-order valence-corrected chi connectivity index (χ0v) is 16.5. The summed E-state index contributed by atoms with van der Waals surface area (Å²) in [5.74, 6) is -0.0858. The van der Waals surface area contributed by atoms with Gasteiger partial charge in [-0.1, -0.05) is 29.8 Å². The predicted octanol–water partition coefficient (Wildman–Crippen LogP) is 2.93. The molecule has 0 radical (unpaired) electrons. The number of carbonyl (C=O) groups is 2. The molecule has 1 saturated heterocycles. The van der Waals surface area contributed by atoms with Crippen molar-refractivity contribution in [3.05, 3.63) is 65.2 Å². The van der Waals surface area contributed by atoms with Gasteiger partial charge in [0.15, 0.2) is 0 Å². The van der Waals surface area contributed by atoms with Crippen molar-refractivity contribution in [2.75, 3.05) is 32.1 Å². The molecular weight excluding hydrogens is 338 g/mol. The van der Waals surface area contributed by atoms with Crippen molar-refractivity contribution in [1.82, 2.24) is 9.80 Å². The number of carbonyl (C=O) groups excluding carboxylic acids is 2. The van der Waals surface area contributed by atoms with E-state index in [1.165, 1.54) is 5.56 Å². The Kier molecular flexibility index (Phi) is 5.49. The van der Waals surface area contributed by atoms with Gasteiger partial charge in [-0.25, -0.2) is 0 Å². The molecule has 0 aromatic heterocycles. The van der Waals surface area contributed by atoms with Crippen LogP contribution in [0.25, 0.3) is 0 Å². The second kappa shape index (κ2) is 7.82. The molecule has 2 amide bonds. The minimum Gasteiger partial charge on any atom is -0.378 e. The van der Waals surface area contributed by atoms with Crippen LogP contribution in [0.4, 0.5) is 5.69 Å². The first-order valence-electron chi connectivity index (χ1n) is 9.29. The van der Waals surface area contributed by atoms with Crippen molar-refractivity contribution in [1.29, 1.82) is 0 Å². The smallest absolute Gasteiger partial charge is 0.254 e. The summed E-state index contributed by atoms with van der Waals surface area (Å²) < 4.78 is 0. The van der Waals surface area contributed by atoms with E-state index in [4.69, 9.17) is 0 Å². The molecule has 1 atom stereocenters. The predicted molar refractivity (Wildman–Crippen MR) is 108 cm³/mol. The highest BCUT2D eigenvalue weighted by Gasteiger charge is 2.34. The number of anilines is 1. The molecule has 5 heteroatoms. The summed E-state index contributed by atoms with van der Waals surface area (Å²) in [6.07, 6.45) is 0. The lowest BCUT2D eigenvalue weighted by molar-refractivity contribution is -0.140. The van der Waals surface area contributed by atoms with Crippen LogP contribution in [0.15, 0.2) is 48.5 Å². The van der Waals surface area contributed by atoms with Crippen molar-refractivity contribution in [3.63, 3.8) is 0 Å². The van der Waals surface area contributed by atoms with E-state index >= 15 is 0 Å². The van der Waals surface area contributed by atoms with Crippen molar-refractivity contribution < 1.29 is 9.59 Å². The summed E-state index contributed by atoms with van der Waals surface area (Å²) in [5.41, 5.74) is 3.96. The molecule has 0 spiro atoms. The van der Waals surface area contributed by atoms with E-state index in [-0.39, 0.29) is 11.8 Å². The molecule has 1 aliphatic rings. The van der Waals surface area contributed by atoms with Crippen LogP contribution in [0.1, 0.15) is 28.4 Å². The maximum atomic E-state index is 12.9. The van der Waals surface area contributed by atoms with Gasteiger partial charge in [0.05, 0.1) is 0 Å². The van der Waals surface area contributed by atoms with E-state index in [1.54, 1.807) is 4.90 Å². The molecule has 0 saturated carbocycles. The van der Waals surface area contributed by atoms with Gasteiger partial charge in [0.1, 0.15) is 6.04 Å². The van der Waals surface area contributed by atoms with E-state index in [0.29, 0.717) is 25.2 Å². The van der Waals surface area contributed by atoms with Crippen molar-refractivity contribution in [3.8, 4) is 0 Å². The minimum absolute atomic E-state index is 0.000942. The van der Waals surface area contributed by atoms with E-state index in [2.05, 4.69) is 6.07 Å². The lowest BCUT2D eigenvalue weighted by Gasteiger charge is -2.39. The quantitative estimate of drug-likeness (QED) is 0.837. The zero-order chi connectivity index (χ0) is 19.6. The SMILES string of the molecule is Cc1cccc(CN2CCN(C(=O)c3ccc(N(C)C)cc3)[C@@H](C)C2=O)c1. The monoisotopic (exact) mass is 365 g/mol. The van der Waals surface area contributed by atoms with Crippen LogP contribution >= 0.6 is 0 Å². The van der Waals surface area contributed by atoms with Crippen LogP contribution in [0, 0.1) is 6.92 Å². The number of rotatable bonds is 4. The number of nitrogens with zero attached hydrogens (tertiary/aromatic N) is 3. The Hall–Kier alpha value is -2.82. The minimum atomic E-state index is -0.454. The lowest BCUT2D eigenvalue weighted by atomic mass is 10.1. The largest absolute Gasteiger partial charge is 0.378 e. The molecular formula is C22H27N3O2. The van der Waals surface area contributed by atoms with Gasteiger partial charge in [-0.2, -0.15) is 0 Å². The fraction of sp³-hybridized carbons (Fsp3) is 0.364. The van der Waals surface area contributed by atoms with Gasteiger partial charge in [-0.3, -0.25) is 9.59 Å². The maximum absolute atomic E-state index is 12.9. The Bertz CT molecular complexity index is 830. The number of amides is 2. The number of benzene rings is 2. The van der Waals surface area contributed by atoms with Crippen molar-refractivity contribution >= 4 is 17.5 Å². The van der Waals surface area contributed by atoms with E-state index in [1.807, 2.05) is 80.2 Å².